The van der Waals surface area contributed by atoms with Gasteiger partial charge in [-0.05, 0) is 39.1 Å². The fourth-order valence-corrected chi connectivity index (χ4v) is 2.93. The van der Waals surface area contributed by atoms with Gasteiger partial charge in [0.2, 0.25) is 0 Å². The molecule has 0 aliphatic carbocycles. The molecule has 1 atom stereocenters. The summed E-state index contributed by atoms with van der Waals surface area (Å²) in [5.41, 5.74) is 4.26. The van der Waals surface area contributed by atoms with Crippen molar-refractivity contribution >= 4 is 10.8 Å². The standard InChI is InChI=1S/C19H16O2/c20-19(16-7-8-17-11-21-12-18(17)10-16)15-6-5-13-3-1-2-4-14(13)9-15/h1-10,19-20H,11-12H2. The Hall–Kier alpha value is -2.16. The third-order valence-electron chi connectivity index (χ3n) is 4.15. The molecule has 21 heavy (non-hydrogen) atoms. The Bertz CT molecular complexity index is 808. The molecular weight excluding hydrogens is 260 g/mol. The minimum absolute atomic E-state index is 0.597. The third kappa shape index (κ3) is 2.23. The fourth-order valence-electron chi connectivity index (χ4n) is 2.93. The molecule has 1 unspecified atom stereocenters. The second-order valence-corrected chi connectivity index (χ2v) is 5.53. The molecule has 1 aliphatic rings. The molecular formula is C19H16O2. The van der Waals surface area contributed by atoms with Gasteiger partial charge in [0.25, 0.3) is 0 Å². The summed E-state index contributed by atoms with van der Waals surface area (Å²) in [6.45, 7) is 1.33. The summed E-state index contributed by atoms with van der Waals surface area (Å²) in [4.78, 5) is 0. The predicted molar refractivity (Wildman–Crippen MR) is 82.9 cm³/mol. The van der Waals surface area contributed by atoms with Crippen LogP contribution in [0.25, 0.3) is 10.8 Å². The lowest BCUT2D eigenvalue weighted by Gasteiger charge is -2.13. The summed E-state index contributed by atoms with van der Waals surface area (Å²) in [5, 5.41) is 13.0. The van der Waals surface area contributed by atoms with Crippen molar-refractivity contribution in [3.63, 3.8) is 0 Å². The zero-order valence-electron chi connectivity index (χ0n) is 11.6. The van der Waals surface area contributed by atoms with Crippen LogP contribution in [0.15, 0.2) is 60.7 Å². The van der Waals surface area contributed by atoms with E-state index < -0.39 is 6.10 Å². The zero-order chi connectivity index (χ0) is 14.2. The summed E-state index contributed by atoms with van der Waals surface area (Å²) < 4.78 is 5.43. The van der Waals surface area contributed by atoms with Crippen LogP contribution in [-0.2, 0) is 18.0 Å². The Morgan fingerprint density at radius 2 is 1.48 bits per heavy atom. The summed E-state index contributed by atoms with van der Waals surface area (Å²) >= 11 is 0. The molecule has 0 spiro atoms. The van der Waals surface area contributed by atoms with Crippen LogP contribution < -0.4 is 0 Å². The topological polar surface area (TPSA) is 29.5 Å². The van der Waals surface area contributed by atoms with E-state index >= 15 is 0 Å². The number of aliphatic hydroxyl groups is 1. The molecule has 0 saturated carbocycles. The summed E-state index contributed by atoms with van der Waals surface area (Å²) in [7, 11) is 0. The highest BCUT2D eigenvalue weighted by atomic mass is 16.5. The zero-order valence-corrected chi connectivity index (χ0v) is 11.6. The molecule has 0 saturated heterocycles. The van der Waals surface area contributed by atoms with Crippen molar-refractivity contribution in [1.82, 2.24) is 0 Å². The number of hydrogen-bond donors (Lipinski definition) is 1. The molecule has 2 heteroatoms. The van der Waals surface area contributed by atoms with Crippen LogP contribution in [0, 0.1) is 0 Å². The molecule has 0 radical (unpaired) electrons. The van der Waals surface area contributed by atoms with Crippen LogP contribution in [0.3, 0.4) is 0 Å². The van der Waals surface area contributed by atoms with Gasteiger partial charge < -0.3 is 9.84 Å². The lowest BCUT2D eigenvalue weighted by atomic mass is 9.96. The quantitative estimate of drug-likeness (QED) is 0.768. The molecule has 3 aromatic rings. The van der Waals surface area contributed by atoms with Gasteiger partial charge in [0.15, 0.2) is 0 Å². The maximum Gasteiger partial charge on any atom is 0.104 e. The van der Waals surface area contributed by atoms with Gasteiger partial charge >= 0.3 is 0 Å². The molecule has 1 aliphatic heterocycles. The molecule has 2 nitrogen and oxygen atoms in total. The van der Waals surface area contributed by atoms with E-state index in [4.69, 9.17) is 4.74 Å². The summed E-state index contributed by atoms with van der Waals surface area (Å²) in [6, 6.07) is 20.4. The van der Waals surface area contributed by atoms with Crippen LogP contribution in [0.2, 0.25) is 0 Å². The SMILES string of the molecule is OC(c1ccc2c(c1)COC2)c1ccc2ccccc2c1. The first kappa shape index (κ1) is 12.6. The third-order valence-corrected chi connectivity index (χ3v) is 4.15. The van der Waals surface area contributed by atoms with Crippen molar-refractivity contribution in [3.05, 3.63) is 82.9 Å². The van der Waals surface area contributed by atoms with Gasteiger partial charge in [-0.2, -0.15) is 0 Å². The lowest BCUT2D eigenvalue weighted by Crippen LogP contribution is -2.00. The molecule has 0 amide bonds. The van der Waals surface area contributed by atoms with E-state index in [0.29, 0.717) is 13.2 Å². The van der Waals surface area contributed by atoms with Gasteiger partial charge in [-0.25, -0.2) is 0 Å². The molecule has 0 bridgehead atoms. The largest absolute Gasteiger partial charge is 0.384 e. The van der Waals surface area contributed by atoms with Crippen molar-refractivity contribution in [1.29, 1.82) is 0 Å². The molecule has 1 N–H and O–H groups in total. The first-order valence-corrected chi connectivity index (χ1v) is 7.17. The van der Waals surface area contributed by atoms with E-state index in [0.717, 1.165) is 16.5 Å². The Morgan fingerprint density at radius 1 is 0.762 bits per heavy atom. The van der Waals surface area contributed by atoms with E-state index in [1.165, 1.54) is 16.5 Å². The first-order chi connectivity index (χ1) is 10.3. The van der Waals surface area contributed by atoms with E-state index in [2.05, 4.69) is 36.4 Å². The number of hydrogen-bond acceptors (Lipinski definition) is 2. The Labute approximate surface area is 123 Å². The Morgan fingerprint density at radius 3 is 2.38 bits per heavy atom. The highest BCUT2D eigenvalue weighted by Crippen LogP contribution is 2.29. The second kappa shape index (κ2) is 4.99. The van der Waals surface area contributed by atoms with Crippen LogP contribution in [-0.4, -0.2) is 5.11 Å². The molecule has 1 heterocycles. The average molecular weight is 276 g/mol. The molecule has 104 valence electrons. The molecule has 0 fully saturated rings. The van der Waals surface area contributed by atoms with Gasteiger partial charge in [0.1, 0.15) is 6.10 Å². The van der Waals surface area contributed by atoms with Gasteiger partial charge in [-0.1, -0.05) is 54.6 Å². The smallest absolute Gasteiger partial charge is 0.104 e. The summed E-state index contributed by atoms with van der Waals surface area (Å²) in [6.07, 6.45) is -0.597. The van der Waals surface area contributed by atoms with Crippen molar-refractivity contribution < 1.29 is 9.84 Å². The van der Waals surface area contributed by atoms with E-state index in [1.54, 1.807) is 0 Å². The molecule has 3 aromatic carbocycles. The van der Waals surface area contributed by atoms with Gasteiger partial charge in [-0.15, -0.1) is 0 Å². The monoisotopic (exact) mass is 276 g/mol. The maximum absolute atomic E-state index is 10.6. The van der Waals surface area contributed by atoms with E-state index in [1.807, 2.05) is 24.3 Å². The maximum atomic E-state index is 10.6. The van der Waals surface area contributed by atoms with Crippen LogP contribution in [0.5, 0.6) is 0 Å². The van der Waals surface area contributed by atoms with Crippen molar-refractivity contribution in [2.24, 2.45) is 0 Å². The van der Waals surface area contributed by atoms with Crippen LogP contribution >= 0.6 is 0 Å². The number of ether oxygens (including phenoxy) is 1. The van der Waals surface area contributed by atoms with Crippen LogP contribution in [0.4, 0.5) is 0 Å². The molecule has 4 rings (SSSR count). The van der Waals surface area contributed by atoms with E-state index in [9.17, 15) is 5.11 Å². The number of aliphatic hydroxyl groups excluding tert-OH is 1. The Kier molecular flexibility index (Phi) is 2.99. The Balaban J connectivity index is 1.73. The minimum Gasteiger partial charge on any atom is -0.384 e. The highest BCUT2D eigenvalue weighted by molar-refractivity contribution is 5.83. The number of rotatable bonds is 2. The molecule has 0 aromatic heterocycles. The van der Waals surface area contributed by atoms with Gasteiger partial charge in [0.05, 0.1) is 13.2 Å². The average Bonchev–Trinajstić information content (AvgIpc) is 3.01. The fraction of sp³-hybridized carbons (Fsp3) is 0.158. The number of benzene rings is 3. The van der Waals surface area contributed by atoms with Crippen molar-refractivity contribution in [3.8, 4) is 0 Å². The lowest BCUT2D eigenvalue weighted by molar-refractivity contribution is 0.134. The predicted octanol–water partition coefficient (Wildman–Crippen LogP) is 3.95. The highest BCUT2D eigenvalue weighted by Gasteiger charge is 2.16. The van der Waals surface area contributed by atoms with E-state index in [-0.39, 0.29) is 0 Å². The minimum atomic E-state index is -0.597. The summed E-state index contributed by atoms with van der Waals surface area (Å²) in [5.74, 6) is 0. The van der Waals surface area contributed by atoms with Gasteiger partial charge in [0, 0.05) is 0 Å². The van der Waals surface area contributed by atoms with Crippen molar-refractivity contribution in [2.75, 3.05) is 0 Å². The van der Waals surface area contributed by atoms with Gasteiger partial charge in [-0.3, -0.25) is 0 Å². The number of fused-ring (bicyclic) bond motifs is 2. The van der Waals surface area contributed by atoms with Crippen molar-refractivity contribution in [2.45, 2.75) is 19.3 Å². The normalized spacial score (nSPS) is 15.1. The first-order valence-electron chi connectivity index (χ1n) is 7.17. The second-order valence-electron chi connectivity index (χ2n) is 5.53. The van der Waals surface area contributed by atoms with Crippen LogP contribution in [0.1, 0.15) is 28.4 Å².